The number of rotatable bonds is 10. The van der Waals surface area contributed by atoms with Crippen LogP contribution in [0, 0.1) is 5.21 Å². The summed E-state index contributed by atoms with van der Waals surface area (Å²) < 4.78 is 138. The molecule has 0 fully saturated rings. The van der Waals surface area contributed by atoms with Crippen LogP contribution in [-0.2, 0) is 10.0 Å². The van der Waals surface area contributed by atoms with Crippen molar-refractivity contribution >= 4 is 10.0 Å². The first kappa shape index (κ1) is 26.2. The van der Waals surface area contributed by atoms with Crippen LogP contribution in [0.3, 0.4) is 0 Å². The van der Waals surface area contributed by atoms with Gasteiger partial charge >= 0.3 is 18.0 Å². The summed E-state index contributed by atoms with van der Waals surface area (Å²) in [5.74, 6) is -6.43. The Kier molecular flexibility index (Phi) is 8.04. The number of quaternary nitrogens is 1. The summed E-state index contributed by atoms with van der Waals surface area (Å²) in [7, 11) is -1.98. The van der Waals surface area contributed by atoms with Gasteiger partial charge in [0.2, 0.25) is 10.0 Å². The third-order valence-corrected chi connectivity index (χ3v) is 4.72. The van der Waals surface area contributed by atoms with Crippen LogP contribution < -0.4 is 4.72 Å². The van der Waals surface area contributed by atoms with Gasteiger partial charge in [-0.25, -0.2) is 26.3 Å². The number of halogens is 9. The maximum atomic E-state index is 13.5. The van der Waals surface area contributed by atoms with Gasteiger partial charge in [0.05, 0.1) is 32.8 Å². The Bertz CT molecular complexity index is 568. The Labute approximate surface area is 149 Å². The van der Waals surface area contributed by atoms with Crippen molar-refractivity contribution in [2.75, 3.05) is 32.9 Å². The molecule has 0 aromatic rings. The fourth-order valence-corrected chi connectivity index (χ4v) is 3.02. The second-order valence-corrected chi connectivity index (χ2v) is 8.37. The zero-order valence-electron chi connectivity index (χ0n) is 14.2. The van der Waals surface area contributed by atoms with E-state index in [1.165, 1.54) is 14.1 Å². The molecule has 27 heavy (non-hydrogen) atoms. The molecule has 0 unspecified atom stereocenters. The third-order valence-electron chi connectivity index (χ3n) is 3.33. The lowest BCUT2D eigenvalue weighted by Gasteiger charge is -2.33. The van der Waals surface area contributed by atoms with E-state index < -0.39 is 57.2 Å². The first-order valence-corrected chi connectivity index (χ1v) is 8.99. The van der Waals surface area contributed by atoms with Gasteiger partial charge in [-0.15, -0.1) is 0 Å². The van der Waals surface area contributed by atoms with Gasteiger partial charge in [-0.3, -0.25) is 0 Å². The topological polar surface area (TPSA) is 69.2 Å². The number of hydrogen-bond acceptors (Lipinski definition) is 3. The quantitative estimate of drug-likeness (QED) is 0.245. The van der Waals surface area contributed by atoms with E-state index in [1.807, 2.05) is 0 Å². The van der Waals surface area contributed by atoms with E-state index in [4.69, 9.17) is 0 Å². The summed E-state index contributed by atoms with van der Waals surface area (Å²) in [4.78, 5) is 0. The minimum Gasteiger partial charge on any atom is -0.633 e. The highest BCUT2D eigenvalue weighted by Crippen LogP contribution is 2.51. The van der Waals surface area contributed by atoms with Crippen LogP contribution in [0.5, 0.6) is 0 Å². The minimum absolute atomic E-state index is 0.00185. The smallest absolute Gasteiger partial charge is 0.431 e. The summed E-state index contributed by atoms with van der Waals surface area (Å²) in [6.07, 6.45) is -18.6. The van der Waals surface area contributed by atoms with E-state index in [2.05, 4.69) is 0 Å². The van der Waals surface area contributed by atoms with E-state index in [1.54, 1.807) is 4.72 Å². The highest BCUT2D eigenvalue weighted by molar-refractivity contribution is 7.89. The van der Waals surface area contributed by atoms with Crippen molar-refractivity contribution in [1.29, 1.82) is 0 Å². The maximum absolute atomic E-state index is 13.5. The molecule has 0 spiro atoms. The zero-order valence-corrected chi connectivity index (χ0v) is 15.0. The van der Waals surface area contributed by atoms with E-state index in [0.29, 0.717) is 0 Å². The molecule has 0 aliphatic rings. The van der Waals surface area contributed by atoms with Crippen molar-refractivity contribution in [3.63, 3.8) is 0 Å². The van der Waals surface area contributed by atoms with Crippen molar-refractivity contribution in [2.45, 2.75) is 43.2 Å². The van der Waals surface area contributed by atoms with Crippen LogP contribution in [0.4, 0.5) is 39.5 Å². The van der Waals surface area contributed by atoms with E-state index in [-0.39, 0.29) is 19.5 Å². The number of alkyl halides is 9. The number of sulfonamides is 1. The summed E-state index contributed by atoms with van der Waals surface area (Å²) in [6.45, 7) is -0.393. The molecule has 0 amide bonds. The Balaban J connectivity index is 4.91. The number of hydrogen-bond donors (Lipinski definition) is 1. The van der Waals surface area contributed by atoms with Crippen molar-refractivity contribution in [1.82, 2.24) is 4.72 Å². The Hall–Kier alpha value is -0.800. The van der Waals surface area contributed by atoms with Gasteiger partial charge in [-0.1, -0.05) is 0 Å². The molecule has 0 saturated heterocycles. The van der Waals surface area contributed by atoms with Gasteiger partial charge in [0.1, 0.15) is 0 Å². The molecule has 0 aromatic heterocycles. The van der Waals surface area contributed by atoms with Crippen LogP contribution in [-0.4, -0.2) is 69.9 Å². The second-order valence-electron chi connectivity index (χ2n) is 6.44. The summed E-state index contributed by atoms with van der Waals surface area (Å²) in [5, 5.41) is 11.2. The van der Waals surface area contributed by atoms with Gasteiger partial charge in [-0.05, 0) is 0 Å². The maximum Gasteiger partial charge on any atom is 0.431 e. The fourth-order valence-electron chi connectivity index (χ4n) is 1.85. The monoisotopic (exact) mass is 442 g/mol. The van der Waals surface area contributed by atoms with Gasteiger partial charge in [-0.2, -0.15) is 26.3 Å². The molecular formula is C12H19F9N2O3S. The summed E-state index contributed by atoms with van der Waals surface area (Å²) >= 11 is 0. The van der Waals surface area contributed by atoms with Gasteiger partial charge in [0, 0.05) is 19.4 Å². The zero-order chi connectivity index (χ0) is 21.9. The molecule has 0 bridgehead atoms. The van der Waals surface area contributed by atoms with Crippen molar-refractivity contribution in [3.8, 4) is 0 Å². The molecule has 5 nitrogen and oxygen atoms in total. The fraction of sp³-hybridized carbons (Fsp3) is 1.00. The molecule has 0 saturated carbocycles. The molecule has 0 rings (SSSR count). The van der Waals surface area contributed by atoms with Gasteiger partial charge < -0.3 is 9.85 Å². The van der Waals surface area contributed by atoms with Gasteiger partial charge in [0.25, 0.3) is 5.92 Å². The highest BCUT2D eigenvalue weighted by Gasteiger charge is 2.74. The van der Waals surface area contributed by atoms with Crippen molar-refractivity contribution in [3.05, 3.63) is 5.21 Å². The second kappa shape index (κ2) is 8.29. The summed E-state index contributed by atoms with van der Waals surface area (Å²) in [6, 6.07) is 0. The van der Waals surface area contributed by atoms with Crippen molar-refractivity contribution < 1.29 is 52.6 Å². The Morgan fingerprint density at radius 2 is 1.37 bits per heavy atom. The molecule has 1 N–H and O–H groups in total. The van der Waals surface area contributed by atoms with Gasteiger partial charge in [0.15, 0.2) is 0 Å². The lowest BCUT2D eigenvalue weighted by atomic mass is 9.94. The number of nitrogens with zero attached hydrogens (tertiary/aromatic N) is 1. The molecule has 0 radical (unpaired) electrons. The molecule has 0 aliphatic heterocycles. The van der Waals surface area contributed by atoms with Crippen LogP contribution in [0.1, 0.15) is 19.3 Å². The Morgan fingerprint density at radius 3 is 1.74 bits per heavy atom. The number of nitrogens with one attached hydrogen (secondary N) is 1. The highest BCUT2D eigenvalue weighted by atomic mass is 32.2. The van der Waals surface area contributed by atoms with Crippen LogP contribution in [0.2, 0.25) is 0 Å². The normalized spacial score (nSPS) is 15.3. The molecule has 0 aliphatic carbocycles. The molecule has 164 valence electrons. The average molecular weight is 442 g/mol. The Morgan fingerprint density at radius 1 is 0.926 bits per heavy atom. The average Bonchev–Trinajstić information content (AvgIpc) is 2.38. The van der Waals surface area contributed by atoms with E-state index in [9.17, 15) is 53.1 Å². The predicted molar refractivity (Wildman–Crippen MR) is 76.9 cm³/mol. The van der Waals surface area contributed by atoms with E-state index >= 15 is 0 Å². The molecule has 15 heteroatoms. The third kappa shape index (κ3) is 8.83. The van der Waals surface area contributed by atoms with Crippen molar-refractivity contribution in [2.24, 2.45) is 0 Å². The molecule has 0 atom stereocenters. The van der Waals surface area contributed by atoms with Crippen LogP contribution >= 0.6 is 0 Å². The summed E-state index contributed by atoms with van der Waals surface area (Å²) in [5.41, 5.74) is -6.18. The van der Waals surface area contributed by atoms with E-state index in [0.717, 1.165) is 0 Å². The first-order chi connectivity index (χ1) is 11.6. The largest absolute Gasteiger partial charge is 0.633 e. The lowest BCUT2D eigenvalue weighted by molar-refractivity contribution is -0.840. The standard InChI is InChI=1S/C12H19F9N2O3S/c1-23(2,24)6-3-5-22-27(25,26)7-4-9(13,14)8-10(15,11(16,17)18)12(19,20)21/h22H,3-8H2,1-2H3. The minimum atomic E-state index is -6.66. The first-order valence-electron chi connectivity index (χ1n) is 7.33. The van der Waals surface area contributed by atoms with Crippen LogP contribution in [0.15, 0.2) is 0 Å². The predicted octanol–water partition coefficient (Wildman–Crippen LogP) is 3.12. The molecular weight excluding hydrogens is 423 g/mol. The number of hydroxylamine groups is 3. The molecule has 0 heterocycles. The SMILES string of the molecule is C[N+](C)([O-])CCCNS(=O)(=O)CCC(F)(F)CC(F)(C(F)(F)F)C(F)(F)F. The lowest BCUT2D eigenvalue weighted by Crippen LogP contribution is -2.56. The molecule has 0 aromatic carbocycles. The van der Waals surface area contributed by atoms with Crippen LogP contribution in [0.25, 0.3) is 0 Å².